The fourth-order valence-corrected chi connectivity index (χ4v) is 1.97. The van der Waals surface area contributed by atoms with Gasteiger partial charge in [-0.05, 0) is 44.5 Å². The molecule has 1 amide bonds. The molecule has 0 radical (unpaired) electrons. The van der Waals surface area contributed by atoms with Crippen molar-refractivity contribution in [1.29, 1.82) is 0 Å². The SMILES string of the molecule is Cc1nc(Nc2cccc(CCN)c2)c(C(N)=O)nc1C. The quantitative estimate of drug-likeness (QED) is 0.770. The number of primary amides is 1. The number of carbonyl (C=O) groups excluding carboxylic acids is 1. The highest BCUT2D eigenvalue weighted by atomic mass is 16.1. The number of benzene rings is 1. The summed E-state index contributed by atoms with van der Waals surface area (Å²) >= 11 is 0. The van der Waals surface area contributed by atoms with E-state index < -0.39 is 5.91 Å². The predicted octanol–water partition coefficient (Wildman–Crippen LogP) is 1.44. The number of nitrogens with zero attached hydrogens (tertiary/aromatic N) is 2. The molecule has 0 saturated heterocycles. The Hall–Kier alpha value is -2.47. The van der Waals surface area contributed by atoms with E-state index in [4.69, 9.17) is 11.5 Å². The average molecular weight is 285 g/mol. The summed E-state index contributed by atoms with van der Waals surface area (Å²) in [5.74, 6) is -0.235. The Labute approximate surface area is 123 Å². The molecule has 6 nitrogen and oxygen atoms in total. The zero-order valence-corrected chi connectivity index (χ0v) is 12.2. The Morgan fingerprint density at radius 1 is 1.24 bits per heavy atom. The van der Waals surface area contributed by atoms with Gasteiger partial charge in [0.15, 0.2) is 11.5 Å². The van der Waals surface area contributed by atoms with Crippen molar-refractivity contribution in [2.24, 2.45) is 11.5 Å². The molecule has 0 aliphatic heterocycles. The van der Waals surface area contributed by atoms with Crippen LogP contribution in [0, 0.1) is 13.8 Å². The second-order valence-corrected chi connectivity index (χ2v) is 4.82. The zero-order valence-electron chi connectivity index (χ0n) is 12.2. The van der Waals surface area contributed by atoms with E-state index in [-0.39, 0.29) is 5.69 Å². The van der Waals surface area contributed by atoms with E-state index >= 15 is 0 Å². The normalized spacial score (nSPS) is 10.4. The third kappa shape index (κ3) is 3.55. The highest BCUT2D eigenvalue weighted by Gasteiger charge is 2.14. The van der Waals surface area contributed by atoms with Gasteiger partial charge in [-0.15, -0.1) is 0 Å². The van der Waals surface area contributed by atoms with Gasteiger partial charge in [-0.2, -0.15) is 0 Å². The topological polar surface area (TPSA) is 107 Å². The third-order valence-electron chi connectivity index (χ3n) is 3.16. The molecule has 6 heteroatoms. The van der Waals surface area contributed by atoms with Gasteiger partial charge in [0.2, 0.25) is 0 Å². The fraction of sp³-hybridized carbons (Fsp3) is 0.267. The maximum Gasteiger partial charge on any atom is 0.271 e. The van der Waals surface area contributed by atoms with Gasteiger partial charge >= 0.3 is 0 Å². The average Bonchev–Trinajstić information content (AvgIpc) is 2.43. The van der Waals surface area contributed by atoms with Crippen molar-refractivity contribution in [3.05, 3.63) is 46.9 Å². The number of nitrogens with one attached hydrogen (secondary N) is 1. The van der Waals surface area contributed by atoms with Gasteiger partial charge in [0.05, 0.1) is 11.4 Å². The lowest BCUT2D eigenvalue weighted by Crippen LogP contribution is -2.18. The molecule has 5 N–H and O–H groups in total. The summed E-state index contributed by atoms with van der Waals surface area (Å²) < 4.78 is 0. The minimum absolute atomic E-state index is 0.141. The van der Waals surface area contributed by atoms with Crippen LogP contribution in [0.25, 0.3) is 0 Å². The Kier molecular flexibility index (Phi) is 4.49. The van der Waals surface area contributed by atoms with Crippen LogP contribution in [0.15, 0.2) is 24.3 Å². The number of nitrogens with two attached hydrogens (primary N) is 2. The standard InChI is InChI=1S/C15H19N5O/c1-9-10(2)19-15(13(18-9)14(17)21)20-12-5-3-4-11(8-12)6-7-16/h3-5,8H,6-7,16H2,1-2H3,(H2,17,21)(H,19,20). The number of hydrogen-bond acceptors (Lipinski definition) is 5. The van der Waals surface area contributed by atoms with Gasteiger partial charge < -0.3 is 16.8 Å². The number of rotatable bonds is 5. The maximum absolute atomic E-state index is 11.5. The maximum atomic E-state index is 11.5. The first-order valence-corrected chi connectivity index (χ1v) is 6.72. The van der Waals surface area contributed by atoms with Crippen molar-refractivity contribution in [1.82, 2.24) is 9.97 Å². The minimum Gasteiger partial charge on any atom is -0.364 e. The van der Waals surface area contributed by atoms with E-state index in [1.54, 1.807) is 6.92 Å². The van der Waals surface area contributed by atoms with Crippen LogP contribution in [0.3, 0.4) is 0 Å². The summed E-state index contributed by atoms with van der Waals surface area (Å²) in [6.45, 7) is 4.21. The molecule has 1 heterocycles. The van der Waals surface area contributed by atoms with E-state index in [0.717, 1.165) is 23.4 Å². The van der Waals surface area contributed by atoms with E-state index in [0.29, 0.717) is 18.1 Å². The molecule has 0 aliphatic carbocycles. The molecule has 0 bridgehead atoms. The minimum atomic E-state index is -0.605. The molecule has 110 valence electrons. The van der Waals surface area contributed by atoms with Crippen LogP contribution in [-0.4, -0.2) is 22.4 Å². The first kappa shape index (κ1) is 14.9. The number of carbonyl (C=O) groups is 1. The van der Waals surface area contributed by atoms with Crippen molar-refractivity contribution in [3.63, 3.8) is 0 Å². The van der Waals surface area contributed by atoms with Crippen LogP contribution in [0.5, 0.6) is 0 Å². The number of aryl methyl sites for hydroxylation is 2. The summed E-state index contributed by atoms with van der Waals surface area (Å²) in [4.78, 5) is 20.1. The van der Waals surface area contributed by atoms with E-state index in [9.17, 15) is 4.79 Å². The molecular weight excluding hydrogens is 266 g/mol. The number of anilines is 2. The van der Waals surface area contributed by atoms with Crippen molar-refractivity contribution < 1.29 is 4.79 Å². The smallest absolute Gasteiger partial charge is 0.271 e. The number of amides is 1. The lowest BCUT2D eigenvalue weighted by Gasteiger charge is -2.11. The van der Waals surface area contributed by atoms with Crippen molar-refractivity contribution in [2.45, 2.75) is 20.3 Å². The molecule has 1 aromatic heterocycles. The first-order valence-electron chi connectivity index (χ1n) is 6.72. The molecule has 2 rings (SSSR count). The molecule has 0 aliphatic rings. The third-order valence-corrected chi connectivity index (χ3v) is 3.16. The lowest BCUT2D eigenvalue weighted by molar-refractivity contribution is 0.0996. The van der Waals surface area contributed by atoms with Crippen molar-refractivity contribution in [3.8, 4) is 0 Å². The van der Waals surface area contributed by atoms with Crippen molar-refractivity contribution >= 4 is 17.4 Å². The molecule has 1 aromatic carbocycles. The molecule has 0 saturated carbocycles. The molecule has 0 spiro atoms. The Morgan fingerprint density at radius 2 is 1.95 bits per heavy atom. The summed E-state index contributed by atoms with van der Waals surface area (Å²) in [7, 11) is 0. The van der Waals surface area contributed by atoms with Crippen LogP contribution < -0.4 is 16.8 Å². The Bertz CT molecular complexity index is 669. The molecule has 0 atom stereocenters. The molecule has 0 unspecified atom stereocenters. The van der Waals surface area contributed by atoms with E-state index in [2.05, 4.69) is 15.3 Å². The van der Waals surface area contributed by atoms with Crippen LogP contribution in [0.4, 0.5) is 11.5 Å². The Balaban J connectivity index is 2.36. The number of aromatic nitrogens is 2. The second-order valence-electron chi connectivity index (χ2n) is 4.82. The summed E-state index contributed by atoms with van der Waals surface area (Å²) in [5, 5.41) is 3.11. The van der Waals surface area contributed by atoms with Gasteiger partial charge in [0, 0.05) is 5.69 Å². The van der Waals surface area contributed by atoms with Gasteiger partial charge in [-0.1, -0.05) is 12.1 Å². The summed E-state index contributed by atoms with van der Waals surface area (Å²) in [6, 6.07) is 7.78. The molecular formula is C15H19N5O. The Morgan fingerprint density at radius 3 is 2.62 bits per heavy atom. The zero-order chi connectivity index (χ0) is 15.4. The van der Waals surface area contributed by atoms with E-state index in [1.807, 2.05) is 31.2 Å². The highest BCUT2D eigenvalue weighted by molar-refractivity contribution is 5.96. The van der Waals surface area contributed by atoms with Crippen LogP contribution >= 0.6 is 0 Å². The molecule has 0 fully saturated rings. The van der Waals surface area contributed by atoms with E-state index in [1.165, 1.54) is 0 Å². The predicted molar refractivity (Wildman–Crippen MR) is 82.5 cm³/mol. The van der Waals surface area contributed by atoms with Crippen LogP contribution in [-0.2, 0) is 6.42 Å². The van der Waals surface area contributed by atoms with Gasteiger partial charge in [-0.25, -0.2) is 9.97 Å². The monoisotopic (exact) mass is 285 g/mol. The van der Waals surface area contributed by atoms with Crippen LogP contribution in [0.2, 0.25) is 0 Å². The summed E-state index contributed by atoms with van der Waals surface area (Å²) in [5.41, 5.74) is 14.4. The fourth-order valence-electron chi connectivity index (χ4n) is 1.97. The summed E-state index contributed by atoms with van der Waals surface area (Å²) in [6.07, 6.45) is 0.788. The van der Waals surface area contributed by atoms with Gasteiger partial charge in [0.25, 0.3) is 5.91 Å². The highest BCUT2D eigenvalue weighted by Crippen LogP contribution is 2.20. The van der Waals surface area contributed by atoms with Gasteiger partial charge in [-0.3, -0.25) is 4.79 Å². The molecule has 2 aromatic rings. The van der Waals surface area contributed by atoms with Crippen molar-refractivity contribution in [2.75, 3.05) is 11.9 Å². The first-order chi connectivity index (χ1) is 10.0. The second kappa shape index (κ2) is 6.32. The largest absolute Gasteiger partial charge is 0.364 e. The van der Waals surface area contributed by atoms with Gasteiger partial charge in [0.1, 0.15) is 0 Å². The molecule has 21 heavy (non-hydrogen) atoms. The van der Waals surface area contributed by atoms with Crippen LogP contribution in [0.1, 0.15) is 27.4 Å². The number of hydrogen-bond donors (Lipinski definition) is 3. The lowest BCUT2D eigenvalue weighted by atomic mass is 10.1.